The maximum atomic E-state index is 13.0. The lowest BCUT2D eigenvalue weighted by Crippen LogP contribution is -2.51. The zero-order valence-corrected chi connectivity index (χ0v) is 12.7. The average molecular weight is 290 g/mol. The van der Waals surface area contributed by atoms with Gasteiger partial charge in [0.25, 0.3) is 0 Å². The smallest absolute Gasteiger partial charge is 0.226 e. The van der Waals surface area contributed by atoms with E-state index in [1.165, 1.54) is 12.1 Å². The van der Waals surface area contributed by atoms with Crippen LogP contribution in [0.2, 0.25) is 0 Å². The van der Waals surface area contributed by atoms with Gasteiger partial charge in [-0.05, 0) is 50.0 Å². The van der Waals surface area contributed by atoms with Crippen LogP contribution in [0.3, 0.4) is 0 Å². The molecular formula is C17H23FN2O. The Kier molecular flexibility index (Phi) is 3.98. The Morgan fingerprint density at radius 3 is 2.57 bits per heavy atom. The zero-order valence-electron chi connectivity index (χ0n) is 12.7. The van der Waals surface area contributed by atoms with Gasteiger partial charge in [0.1, 0.15) is 5.82 Å². The van der Waals surface area contributed by atoms with Crippen LogP contribution in [0.1, 0.15) is 31.7 Å². The van der Waals surface area contributed by atoms with E-state index in [2.05, 4.69) is 12.2 Å². The third kappa shape index (κ3) is 2.82. The lowest BCUT2D eigenvalue weighted by Gasteiger charge is -2.35. The van der Waals surface area contributed by atoms with Crippen LogP contribution in [0.25, 0.3) is 0 Å². The van der Waals surface area contributed by atoms with Crippen LogP contribution >= 0.6 is 0 Å². The van der Waals surface area contributed by atoms with E-state index < -0.39 is 0 Å². The monoisotopic (exact) mass is 290 g/mol. The Labute approximate surface area is 125 Å². The van der Waals surface area contributed by atoms with Gasteiger partial charge >= 0.3 is 0 Å². The summed E-state index contributed by atoms with van der Waals surface area (Å²) in [5.41, 5.74) is 1.14. The Morgan fingerprint density at radius 1 is 1.33 bits per heavy atom. The molecule has 2 saturated heterocycles. The molecule has 3 unspecified atom stereocenters. The molecule has 1 N–H and O–H groups in total. The van der Waals surface area contributed by atoms with Crippen molar-refractivity contribution in [2.24, 2.45) is 11.8 Å². The van der Waals surface area contributed by atoms with E-state index in [4.69, 9.17) is 0 Å². The van der Waals surface area contributed by atoms with E-state index >= 15 is 0 Å². The summed E-state index contributed by atoms with van der Waals surface area (Å²) in [6.45, 7) is 6.84. The number of carbonyl (C=O) groups is 1. The fourth-order valence-electron chi connectivity index (χ4n) is 3.44. The van der Waals surface area contributed by atoms with Gasteiger partial charge in [-0.3, -0.25) is 4.79 Å². The normalized spacial score (nSPS) is 27.5. The number of benzene rings is 1. The van der Waals surface area contributed by atoms with Crippen LogP contribution < -0.4 is 5.32 Å². The first-order valence-electron chi connectivity index (χ1n) is 7.83. The van der Waals surface area contributed by atoms with Crippen LogP contribution in [-0.2, 0) is 4.79 Å². The molecule has 2 fully saturated rings. The average Bonchev–Trinajstić information content (AvgIpc) is 2.78. The molecule has 2 heterocycles. The largest absolute Gasteiger partial charge is 0.339 e. The SMILES string of the molecule is CC(C(=O)N1CC(c2ccc(F)cc2)CC1C)C1CNC1. The van der Waals surface area contributed by atoms with E-state index in [0.29, 0.717) is 11.8 Å². The van der Waals surface area contributed by atoms with Gasteiger partial charge in [0, 0.05) is 24.4 Å². The van der Waals surface area contributed by atoms with Gasteiger partial charge in [0.05, 0.1) is 0 Å². The fourth-order valence-corrected chi connectivity index (χ4v) is 3.44. The summed E-state index contributed by atoms with van der Waals surface area (Å²) < 4.78 is 13.0. The van der Waals surface area contributed by atoms with Crippen LogP contribution in [0.5, 0.6) is 0 Å². The zero-order chi connectivity index (χ0) is 15.0. The van der Waals surface area contributed by atoms with Crippen molar-refractivity contribution in [3.8, 4) is 0 Å². The lowest BCUT2D eigenvalue weighted by atomic mass is 9.88. The summed E-state index contributed by atoms with van der Waals surface area (Å²) in [5, 5.41) is 3.23. The molecule has 3 atom stereocenters. The van der Waals surface area contributed by atoms with Gasteiger partial charge in [0.2, 0.25) is 5.91 Å². The molecule has 1 aromatic rings. The van der Waals surface area contributed by atoms with Gasteiger partial charge in [-0.25, -0.2) is 4.39 Å². The van der Waals surface area contributed by atoms with Crippen molar-refractivity contribution in [1.29, 1.82) is 0 Å². The van der Waals surface area contributed by atoms with Crippen molar-refractivity contribution in [2.75, 3.05) is 19.6 Å². The standard InChI is InChI=1S/C17H23FN2O/c1-11-7-14(13-3-5-16(18)6-4-13)10-20(11)17(21)12(2)15-8-19-9-15/h3-6,11-12,14-15,19H,7-10H2,1-2H3. The molecule has 2 aliphatic rings. The van der Waals surface area contributed by atoms with Crippen molar-refractivity contribution in [3.63, 3.8) is 0 Å². The number of likely N-dealkylation sites (tertiary alicyclic amines) is 1. The van der Waals surface area contributed by atoms with Gasteiger partial charge < -0.3 is 10.2 Å². The number of nitrogens with zero attached hydrogens (tertiary/aromatic N) is 1. The summed E-state index contributed by atoms with van der Waals surface area (Å²) in [5.74, 6) is 0.981. The summed E-state index contributed by atoms with van der Waals surface area (Å²) in [6, 6.07) is 6.98. The molecule has 0 saturated carbocycles. The summed E-state index contributed by atoms with van der Waals surface area (Å²) in [7, 11) is 0. The molecule has 4 heteroatoms. The number of amides is 1. The molecule has 2 aliphatic heterocycles. The third-order valence-corrected chi connectivity index (χ3v) is 5.11. The fraction of sp³-hybridized carbons (Fsp3) is 0.588. The van der Waals surface area contributed by atoms with Crippen molar-refractivity contribution in [3.05, 3.63) is 35.6 Å². The highest BCUT2D eigenvalue weighted by atomic mass is 19.1. The summed E-state index contributed by atoms with van der Waals surface area (Å²) in [6.07, 6.45) is 0.965. The van der Waals surface area contributed by atoms with Crippen molar-refractivity contribution < 1.29 is 9.18 Å². The van der Waals surface area contributed by atoms with Crippen molar-refractivity contribution in [1.82, 2.24) is 10.2 Å². The second-order valence-electron chi connectivity index (χ2n) is 6.53. The molecule has 1 aromatic carbocycles. The number of hydrogen-bond acceptors (Lipinski definition) is 2. The number of hydrogen-bond donors (Lipinski definition) is 1. The minimum absolute atomic E-state index is 0.0978. The second kappa shape index (κ2) is 5.76. The van der Waals surface area contributed by atoms with E-state index in [9.17, 15) is 9.18 Å². The van der Waals surface area contributed by atoms with Gasteiger partial charge in [-0.2, -0.15) is 0 Å². The first-order valence-corrected chi connectivity index (χ1v) is 7.83. The highest BCUT2D eigenvalue weighted by Crippen LogP contribution is 2.33. The minimum Gasteiger partial charge on any atom is -0.339 e. The van der Waals surface area contributed by atoms with Crippen molar-refractivity contribution in [2.45, 2.75) is 32.2 Å². The molecule has 3 nitrogen and oxygen atoms in total. The molecule has 0 aromatic heterocycles. The minimum atomic E-state index is -0.205. The number of rotatable bonds is 3. The maximum Gasteiger partial charge on any atom is 0.226 e. The topological polar surface area (TPSA) is 32.3 Å². The first-order chi connectivity index (χ1) is 10.1. The Bertz CT molecular complexity index is 512. The quantitative estimate of drug-likeness (QED) is 0.927. The van der Waals surface area contributed by atoms with E-state index in [-0.39, 0.29) is 23.7 Å². The molecule has 0 radical (unpaired) electrons. The lowest BCUT2D eigenvalue weighted by molar-refractivity contribution is -0.138. The molecule has 3 rings (SSSR count). The Hall–Kier alpha value is -1.42. The first kappa shape index (κ1) is 14.5. The number of carbonyl (C=O) groups excluding carboxylic acids is 1. The maximum absolute atomic E-state index is 13.0. The van der Waals surface area contributed by atoms with Crippen LogP contribution in [-0.4, -0.2) is 36.5 Å². The molecule has 0 aliphatic carbocycles. The molecule has 0 bridgehead atoms. The van der Waals surface area contributed by atoms with E-state index in [0.717, 1.165) is 31.6 Å². The number of halogens is 1. The predicted octanol–water partition coefficient (Wildman–Crippen LogP) is 2.39. The highest BCUT2D eigenvalue weighted by Gasteiger charge is 2.38. The van der Waals surface area contributed by atoms with Gasteiger partial charge in [0.15, 0.2) is 0 Å². The molecule has 0 spiro atoms. The van der Waals surface area contributed by atoms with Crippen LogP contribution in [0.15, 0.2) is 24.3 Å². The predicted molar refractivity (Wildman–Crippen MR) is 80.5 cm³/mol. The van der Waals surface area contributed by atoms with Crippen LogP contribution in [0, 0.1) is 17.7 Å². The summed E-state index contributed by atoms with van der Waals surface area (Å²) >= 11 is 0. The third-order valence-electron chi connectivity index (χ3n) is 5.11. The molecule has 1 amide bonds. The highest BCUT2D eigenvalue weighted by molar-refractivity contribution is 5.79. The molecular weight excluding hydrogens is 267 g/mol. The Balaban J connectivity index is 1.67. The molecule has 21 heavy (non-hydrogen) atoms. The van der Waals surface area contributed by atoms with E-state index in [1.807, 2.05) is 24.0 Å². The van der Waals surface area contributed by atoms with Crippen LogP contribution in [0.4, 0.5) is 4.39 Å². The van der Waals surface area contributed by atoms with E-state index in [1.54, 1.807) is 0 Å². The van der Waals surface area contributed by atoms with Gasteiger partial charge in [-0.15, -0.1) is 0 Å². The van der Waals surface area contributed by atoms with Crippen molar-refractivity contribution >= 4 is 5.91 Å². The van der Waals surface area contributed by atoms with Gasteiger partial charge in [-0.1, -0.05) is 19.1 Å². The second-order valence-corrected chi connectivity index (χ2v) is 6.53. The Morgan fingerprint density at radius 2 is 2.00 bits per heavy atom. The summed E-state index contributed by atoms with van der Waals surface area (Å²) in [4.78, 5) is 14.7. The molecule has 114 valence electrons. The number of nitrogens with one attached hydrogen (secondary N) is 1.